The maximum absolute atomic E-state index is 14.1. The molecule has 1 aliphatic heterocycles. The highest BCUT2D eigenvalue weighted by molar-refractivity contribution is 6.36. The summed E-state index contributed by atoms with van der Waals surface area (Å²) >= 11 is 6.65. The molecule has 0 N–H and O–H groups in total. The number of hydrogen-bond acceptors (Lipinski definition) is 6. The molecule has 2 heterocycles. The third kappa shape index (κ3) is 5.27. The van der Waals surface area contributed by atoms with Gasteiger partial charge in [-0.2, -0.15) is 0 Å². The average Bonchev–Trinajstić information content (AvgIpc) is 3.35. The van der Waals surface area contributed by atoms with E-state index in [-0.39, 0.29) is 11.8 Å². The minimum atomic E-state index is -0.287. The van der Waals surface area contributed by atoms with Crippen molar-refractivity contribution >= 4 is 45.2 Å². The van der Waals surface area contributed by atoms with E-state index in [0.29, 0.717) is 52.8 Å². The molecule has 0 radical (unpaired) electrons. The van der Waals surface area contributed by atoms with Crippen LogP contribution in [0.4, 0.5) is 0 Å². The number of ether oxygens (including phenoxy) is 2. The molecule has 0 atom stereocenters. The van der Waals surface area contributed by atoms with E-state index in [4.69, 9.17) is 21.1 Å². The van der Waals surface area contributed by atoms with Gasteiger partial charge in [-0.1, -0.05) is 29.8 Å². The molecular weight excluding hydrogens is 540 g/mol. The van der Waals surface area contributed by atoms with E-state index in [0.717, 1.165) is 46.9 Å². The second-order valence-corrected chi connectivity index (χ2v) is 11.5. The van der Waals surface area contributed by atoms with Crippen LogP contribution in [0.5, 0.6) is 11.5 Å². The molecular formula is C32H37ClN4O4. The number of halogens is 1. The number of fused-ring (bicyclic) bond motifs is 5. The van der Waals surface area contributed by atoms with Crippen LogP contribution in [0.3, 0.4) is 0 Å². The molecule has 0 spiro atoms. The second-order valence-electron chi connectivity index (χ2n) is 11.1. The number of nitrogens with zero attached hydrogens (tertiary/aromatic N) is 4. The van der Waals surface area contributed by atoms with Crippen molar-refractivity contribution in [2.75, 3.05) is 61.5 Å². The number of aromatic nitrogens is 1. The highest BCUT2D eigenvalue weighted by atomic mass is 35.5. The van der Waals surface area contributed by atoms with Gasteiger partial charge in [-0.3, -0.25) is 14.5 Å². The largest absolute Gasteiger partial charge is 0.493 e. The van der Waals surface area contributed by atoms with E-state index in [1.807, 2.05) is 81.1 Å². The lowest BCUT2D eigenvalue weighted by Crippen LogP contribution is -2.32. The quantitative estimate of drug-likeness (QED) is 0.173. The lowest BCUT2D eigenvalue weighted by atomic mass is 9.93. The van der Waals surface area contributed by atoms with Gasteiger partial charge in [0.15, 0.2) is 11.5 Å². The maximum atomic E-state index is 14.1. The van der Waals surface area contributed by atoms with Gasteiger partial charge in [-0.15, -0.1) is 0 Å². The highest BCUT2D eigenvalue weighted by Crippen LogP contribution is 2.45. The molecule has 0 saturated carbocycles. The van der Waals surface area contributed by atoms with Crippen molar-refractivity contribution in [3.8, 4) is 22.6 Å². The van der Waals surface area contributed by atoms with Gasteiger partial charge in [-0.05, 0) is 71.3 Å². The first-order chi connectivity index (χ1) is 19.6. The van der Waals surface area contributed by atoms with Crippen LogP contribution >= 0.6 is 11.6 Å². The summed E-state index contributed by atoms with van der Waals surface area (Å²) in [6.45, 7) is 2.57. The summed E-state index contributed by atoms with van der Waals surface area (Å²) in [6, 6.07) is 13.3. The van der Waals surface area contributed by atoms with Gasteiger partial charge in [0.05, 0.1) is 35.9 Å². The number of carbonyl (C=O) groups excluding carboxylic acids is 2. The fourth-order valence-electron chi connectivity index (χ4n) is 5.64. The number of rotatable bonds is 11. The summed E-state index contributed by atoms with van der Waals surface area (Å²) in [4.78, 5) is 33.5. The lowest BCUT2D eigenvalue weighted by Gasteiger charge is -2.16. The Morgan fingerprint density at radius 1 is 0.829 bits per heavy atom. The molecule has 1 aromatic heterocycles. The van der Waals surface area contributed by atoms with Gasteiger partial charge in [0.1, 0.15) is 0 Å². The van der Waals surface area contributed by atoms with Gasteiger partial charge in [-0.25, -0.2) is 0 Å². The Hall–Kier alpha value is -3.59. The Labute approximate surface area is 246 Å². The number of carbonyl (C=O) groups is 2. The molecule has 0 aliphatic carbocycles. The fourth-order valence-corrected chi connectivity index (χ4v) is 5.87. The standard InChI is InChI=1S/C32H37ClN4O4/c1-34(2)13-9-15-37-31(38)29-21(20-11-7-8-12-23(20)33)17-25-28(30(29)32(37)39)22-18-26(40-6)27(19-24(22)36(25)5)41-16-10-14-35(3)4/h7-8,11-12,17-19H,9-10,13-16H2,1-6H3. The van der Waals surface area contributed by atoms with E-state index >= 15 is 0 Å². The summed E-state index contributed by atoms with van der Waals surface area (Å²) in [5, 5.41) is 2.09. The number of methoxy groups -OCH3 is 1. The van der Waals surface area contributed by atoms with Crippen molar-refractivity contribution < 1.29 is 19.1 Å². The third-order valence-electron chi connectivity index (χ3n) is 7.66. The molecule has 4 aromatic rings. The minimum absolute atomic E-state index is 0.280. The number of imide groups is 1. The minimum Gasteiger partial charge on any atom is -0.493 e. The molecule has 2 amide bonds. The molecule has 0 fully saturated rings. The zero-order valence-corrected chi connectivity index (χ0v) is 25.3. The SMILES string of the molecule is COc1cc2c3c4c(c(-c5ccccc5Cl)cc3n(C)c2cc1OCCCN(C)C)C(=O)N(CCCN(C)C)C4=O. The summed E-state index contributed by atoms with van der Waals surface area (Å²) in [5.41, 5.74) is 3.90. The third-order valence-corrected chi connectivity index (χ3v) is 7.99. The van der Waals surface area contributed by atoms with Gasteiger partial charge >= 0.3 is 0 Å². The maximum Gasteiger partial charge on any atom is 0.262 e. The van der Waals surface area contributed by atoms with Crippen LogP contribution in [-0.2, 0) is 7.05 Å². The Bertz CT molecular complexity index is 1640. The molecule has 5 rings (SSSR count). The van der Waals surface area contributed by atoms with Gasteiger partial charge in [0, 0.05) is 47.6 Å². The number of benzene rings is 3. The van der Waals surface area contributed by atoms with Gasteiger partial charge < -0.3 is 23.8 Å². The van der Waals surface area contributed by atoms with Crippen molar-refractivity contribution in [2.45, 2.75) is 12.8 Å². The highest BCUT2D eigenvalue weighted by Gasteiger charge is 2.40. The van der Waals surface area contributed by atoms with Crippen LogP contribution in [0.25, 0.3) is 32.9 Å². The van der Waals surface area contributed by atoms with Crippen LogP contribution < -0.4 is 9.47 Å². The Morgan fingerprint density at radius 3 is 2.20 bits per heavy atom. The molecule has 216 valence electrons. The van der Waals surface area contributed by atoms with Crippen molar-refractivity contribution in [3.05, 3.63) is 58.6 Å². The van der Waals surface area contributed by atoms with Crippen molar-refractivity contribution in [1.29, 1.82) is 0 Å². The molecule has 0 saturated heterocycles. The Morgan fingerprint density at radius 2 is 1.51 bits per heavy atom. The summed E-state index contributed by atoms with van der Waals surface area (Å²) < 4.78 is 13.9. The molecule has 3 aromatic carbocycles. The van der Waals surface area contributed by atoms with E-state index in [9.17, 15) is 9.59 Å². The summed E-state index contributed by atoms with van der Waals surface area (Å²) in [5.74, 6) is 0.655. The van der Waals surface area contributed by atoms with E-state index in [2.05, 4.69) is 4.90 Å². The zero-order valence-electron chi connectivity index (χ0n) is 24.6. The zero-order chi connectivity index (χ0) is 29.4. The topological polar surface area (TPSA) is 67.2 Å². The monoisotopic (exact) mass is 576 g/mol. The van der Waals surface area contributed by atoms with Crippen molar-refractivity contribution in [1.82, 2.24) is 19.3 Å². The molecule has 1 aliphatic rings. The Kier molecular flexibility index (Phi) is 8.27. The molecule has 0 bridgehead atoms. The molecule has 41 heavy (non-hydrogen) atoms. The van der Waals surface area contributed by atoms with E-state index in [1.54, 1.807) is 13.2 Å². The van der Waals surface area contributed by atoms with Crippen molar-refractivity contribution in [2.24, 2.45) is 7.05 Å². The van der Waals surface area contributed by atoms with Crippen LogP contribution in [0.1, 0.15) is 33.6 Å². The summed E-state index contributed by atoms with van der Waals surface area (Å²) in [7, 11) is 11.6. The predicted molar refractivity (Wildman–Crippen MR) is 165 cm³/mol. The lowest BCUT2D eigenvalue weighted by molar-refractivity contribution is 0.0650. The second kappa shape index (κ2) is 11.7. The van der Waals surface area contributed by atoms with Crippen LogP contribution in [0, 0.1) is 0 Å². The predicted octanol–water partition coefficient (Wildman–Crippen LogP) is 5.54. The van der Waals surface area contributed by atoms with Crippen LogP contribution in [0.2, 0.25) is 5.02 Å². The summed E-state index contributed by atoms with van der Waals surface area (Å²) in [6.07, 6.45) is 1.55. The molecule has 9 heteroatoms. The molecule has 8 nitrogen and oxygen atoms in total. The van der Waals surface area contributed by atoms with Crippen LogP contribution in [0.15, 0.2) is 42.5 Å². The van der Waals surface area contributed by atoms with Crippen LogP contribution in [-0.4, -0.2) is 92.6 Å². The number of hydrogen-bond donors (Lipinski definition) is 0. The fraction of sp³-hybridized carbons (Fsp3) is 0.375. The van der Waals surface area contributed by atoms with Gasteiger partial charge in [0.25, 0.3) is 11.8 Å². The van der Waals surface area contributed by atoms with Crippen molar-refractivity contribution in [3.63, 3.8) is 0 Å². The average molecular weight is 577 g/mol. The van der Waals surface area contributed by atoms with E-state index < -0.39 is 0 Å². The van der Waals surface area contributed by atoms with E-state index in [1.165, 1.54) is 4.90 Å². The molecule has 0 unspecified atom stereocenters. The first-order valence-electron chi connectivity index (χ1n) is 13.8. The first kappa shape index (κ1) is 28.9. The van der Waals surface area contributed by atoms with Gasteiger partial charge in [0.2, 0.25) is 0 Å². The first-order valence-corrected chi connectivity index (χ1v) is 14.2. The number of amides is 2. The normalized spacial score (nSPS) is 13.3. The Balaban J connectivity index is 1.72. The smallest absolute Gasteiger partial charge is 0.262 e. The number of aryl methyl sites for hydroxylation is 1.